The monoisotopic (exact) mass is 299 g/mol. The average molecular weight is 300 g/mol. The lowest BCUT2D eigenvalue weighted by molar-refractivity contribution is -0.118. The molecule has 0 aromatic rings. The van der Waals surface area contributed by atoms with Crippen LogP contribution in [0.3, 0.4) is 0 Å². The zero-order valence-electron chi connectivity index (χ0n) is 10.9. The van der Waals surface area contributed by atoms with Gasteiger partial charge in [-0.1, -0.05) is 35.9 Å². The molecule has 0 radical (unpaired) electrons. The summed E-state index contributed by atoms with van der Waals surface area (Å²) in [4.78, 5) is 12.6. The van der Waals surface area contributed by atoms with Gasteiger partial charge in [0.25, 0.3) is 0 Å². The first-order valence-corrected chi connectivity index (χ1v) is 7.15. The van der Waals surface area contributed by atoms with Crippen LogP contribution in [0.2, 0.25) is 0 Å². The number of ketones is 1. The van der Waals surface area contributed by atoms with Crippen molar-refractivity contribution < 1.29 is 4.79 Å². The van der Waals surface area contributed by atoms with Crippen molar-refractivity contribution in [2.24, 2.45) is 0 Å². The topological polar surface area (TPSA) is 20.3 Å². The van der Waals surface area contributed by atoms with E-state index in [9.17, 15) is 4.79 Å². The summed E-state index contributed by atoms with van der Waals surface area (Å²) in [7, 11) is 0. The van der Waals surface area contributed by atoms with E-state index in [1.165, 1.54) is 12.8 Å². The predicted molar refractivity (Wildman–Crippen MR) is 76.1 cm³/mol. The van der Waals surface area contributed by atoms with Crippen molar-refractivity contribution in [3.63, 3.8) is 0 Å². The van der Waals surface area contributed by atoms with E-state index in [-0.39, 0.29) is 4.45 Å². The minimum absolute atomic E-state index is 0.0584. The summed E-state index contributed by atoms with van der Waals surface area (Å²) in [6, 6.07) is 0.778. The number of carbonyl (C=O) groups is 1. The third-order valence-corrected chi connectivity index (χ3v) is 3.67. The summed E-state index contributed by atoms with van der Waals surface area (Å²) < 4.78 is 0.0584. The summed E-state index contributed by atoms with van der Waals surface area (Å²) in [5.41, 5.74) is 0. The van der Waals surface area contributed by atoms with Crippen LogP contribution >= 0.6 is 15.9 Å². The standard InChI is InChI=1S/C9H12BrN.C5H10O/c1-9(10)6-2-3-7-11(9)8-4-5-8;1-3-5(6)4-2/h2-3,6-8H,4-5H2,1H3;3-4H2,1-2H3. The first-order valence-electron chi connectivity index (χ1n) is 6.36. The van der Waals surface area contributed by atoms with Crippen molar-refractivity contribution in [1.29, 1.82) is 0 Å². The van der Waals surface area contributed by atoms with Gasteiger partial charge in [0.2, 0.25) is 0 Å². The number of carbonyl (C=O) groups excluding carboxylic acids is 1. The van der Waals surface area contributed by atoms with E-state index >= 15 is 0 Å². The van der Waals surface area contributed by atoms with E-state index in [2.05, 4.69) is 52.2 Å². The highest BCUT2D eigenvalue weighted by Crippen LogP contribution is 2.38. The maximum atomic E-state index is 10.2. The fourth-order valence-corrected chi connectivity index (χ4v) is 2.25. The van der Waals surface area contributed by atoms with Crippen molar-refractivity contribution >= 4 is 21.7 Å². The zero-order chi connectivity index (χ0) is 12.9. The summed E-state index contributed by atoms with van der Waals surface area (Å²) in [5, 5.41) is 0. The molecule has 0 spiro atoms. The molecule has 1 fully saturated rings. The molecule has 2 nitrogen and oxygen atoms in total. The fraction of sp³-hybridized carbons (Fsp3) is 0.643. The second kappa shape index (κ2) is 6.39. The quantitative estimate of drug-likeness (QED) is 0.579. The number of nitrogens with zero attached hydrogens (tertiary/aromatic N) is 1. The van der Waals surface area contributed by atoms with Crippen molar-refractivity contribution in [2.75, 3.05) is 0 Å². The van der Waals surface area contributed by atoms with Gasteiger partial charge in [0, 0.05) is 25.1 Å². The third kappa shape index (κ3) is 4.66. The lowest BCUT2D eigenvalue weighted by atomic mass is 10.2. The molecule has 0 saturated heterocycles. The van der Waals surface area contributed by atoms with Gasteiger partial charge >= 0.3 is 0 Å². The van der Waals surface area contributed by atoms with Crippen LogP contribution in [0.4, 0.5) is 0 Å². The molecular formula is C14H22BrNO. The number of halogens is 1. The van der Waals surface area contributed by atoms with Gasteiger partial charge in [-0.3, -0.25) is 4.79 Å². The van der Waals surface area contributed by atoms with E-state index in [1.807, 2.05) is 13.8 Å². The van der Waals surface area contributed by atoms with Gasteiger partial charge in [-0.25, -0.2) is 0 Å². The highest BCUT2D eigenvalue weighted by molar-refractivity contribution is 9.10. The highest BCUT2D eigenvalue weighted by Gasteiger charge is 2.36. The smallest absolute Gasteiger partial charge is 0.132 e. The number of hydrogen-bond acceptors (Lipinski definition) is 2. The van der Waals surface area contributed by atoms with Crippen LogP contribution in [0.15, 0.2) is 24.4 Å². The molecule has 1 unspecified atom stereocenters. The van der Waals surface area contributed by atoms with Crippen molar-refractivity contribution in [2.45, 2.75) is 56.9 Å². The molecule has 3 heteroatoms. The Morgan fingerprint density at radius 3 is 2.29 bits per heavy atom. The SMILES string of the molecule is CC1(Br)C=CC=CN1C1CC1.CCC(=O)CC. The molecule has 2 rings (SSSR count). The van der Waals surface area contributed by atoms with E-state index in [0.717, 1.165) is 6.04 Å². The van der Waals surface area contributed by atoms with Crippen molar-refractivity contribution in [3.05, 3.63) is 24.4 Å². The molecule has 17 heavy (non-hydrogen) atoms. The molecule has 1 aliphatic carbocycles. The van der Waals surface area contributed by atoms with Crippen LogP contribution < -0.4 is 0 Å². The molecular weight excluding hydrogens is 278 g/mol. The molecule has 0 N–H and O–H groups in total. The zero-order valence-corrected chi connectivity index (χ0v) is 12.5. The van der Waals surface area contributed by atoms with Gasteiger partial charge in [0.05, 0.1) is 0 Å². The van der Waals surface area contributed by atoms with Gasteiger partial charge < -0.3 is 4.90 Å². The minimum atomic E-state index is 0.0584. The molecule has 2 aliphatic rings. The van der Waals surface area contributed by atoms with E-state index in [0.29, 0.717) is 18.6 Å². The average Bonchev–Trinajstić information content (AvgIpc) is 3.12. The van der Waals surface area contributed by atoms with Crippen LogP contribution in [0.5, 0.6) is 0 Å². The first-order chi connectivity index (χ1) is 8.01. The van der Waals surface area contributed by atoms with Gasteiger partial charge in [-0.15, -0.1) is 0 Å². The van der Waals surface area contributed by atoms with Crippen LogP contribution in [0.25, 0.3) is 0 Å². The van der Waals surface area contributed by atoms with Gasteiger partial charge in [0.1, 0.15) is 10.2 Å². The first kappa shape index (κ1) is 14.5. The molecule has 1 saturated carbocycles. The molecule has 0 bridgehead atoms. The van der Waals surface area contributed by atoms with E-state index in [1.54, 1.807) is 0 Å². The second-order valence-corrected chi connectivity index (χ2v) is 6.21. The number of allylic oxidation sites excluding steroid dienone is 2. The molecule has 1 heterocycles. The summed E-state index contributed by atoms with van der Waals surface area (Å²) >= 11 is 3.69. The van der Waals surface area contributed by atoms with Crippen LogP contribution in [0, 0.1) is 0 Å². The summed E-state index contributed by atoms with van der Waals surface area (Å²) in [5.74, 6) is 0.343. The number of Topliss-reactive ketones (excluding diaryl/α,β-unsaturated/α-hetero) is 1. The maximum Gasteiger partial charge on any atom is 0.132 e. The normalized spacial score (nSPS) is 26.5. The maximum absolute atomic E-state index is 10.2. The second-order valence-electron chi connectivity index (χ2n) is 4.61. The van der Waals surface area contributed by atoms with Crippen molar-refractivity contribution in [3.8, 4) is 0 Å². The lowest BCUT2D eigenvalue weighted by Gasteiger charge is -2.35. The summed E-state index contributed by atoms with van der Waals surface area (Å²) in [6.45, 7) is 5.95. The lowest BCUT2D eigenvalue weighted by Crippen LogP contribution is -2.38. The van der Waals surface area contributed by atoms with Gasteiger partial charge in [0.15, 0.2) is 0 Å². The fourth-order valence-electron chi connectivity index (χ4n) is 1.69. The molecule has 0 aromatic heterocycles. The Bertz CT molecular complexity index is 310. The highest BCUT2D eigenvalue weighted by atomic mass is 79.9. The molecule has 1 aliphatic heterocycles. The Hall–Kier alpha value is -0.570. The third-order valence-electron chi connectivity index (χ3n) is 2.99. The minimum Gasteiger partial charge on any atom is -0.356 e. The Balaban J connectivity index is 0.000000209. The van der Waals surface area contributed by atoms with Gasteiger partial charge in [-0.2, -0.15) is 0 Å². The van der Waals surface area contributed by atoms with Gasteiger partial charge in [-0.05, 0) is 31.9 Å². The Morgan fingerprint density at radius 1 is 1.35 bits per heavy atom. The van der Waals surface area contributed by atoms with Crippen LogP contribution in [0.1, 0.15) is 46.5 Å². The van der Waals surface area contributed by atoms with E-state index in [4.69, 9.17) is 0 Å². The van der Waals surface area contributed by atoms with E-state index < -0.39 is 0 Å². The predicted octanol–water partition coefficient (Wildman–Crippen LogP) is 4.02. The largest absolute Gasteiger partial charge is 0.356 e. The summed E-state index contributed by atoms with van der Waals surface area (Å²) in [6.07, 6.45) is 12.6. The van der Waals surface area contributed by atoms with Crippen molar-refractivity contribution in [1.82, 2.24) is 4.90 Å². The molecule has 0 amide bonds. The van der Waals surface area contributed by atoms with Crippen LogP contribution in [-0.2, 0) is 4.79 Å². The Labute approximate surface area is 113 Å². The van der Waals surface area contributed by atoms with Crippen LogP contribution in [-0.4, -0.2) is 21.2 Å². The Morgan fingerprint density at radius 2 is 1.94 bits per heavy atom. The Kier molecular flexibility index (Phi) is 5.44. The molecule has 0 aromatic carbocycles. The number of alkyl halides is 1. The molecule has 1 atom stereocenters. The molecule has 96 valence electrons. The number of hydrogen-bond donors (Lipinski definition) is 0. The number of rotatable bonds is 3.